The highest BCUT2D eigenvalue weighted by Gasteiger charge is 2.07. The van der Waals surface area contributed by atoms with E-state index in [0.29, 0.717) is 10.0 Å². The van der Waals surface area contributed by atoms with Gasteiger partial charge in [0.15, 0.2) is 5.16 Å². The number of aromatic nitrogens is 2. The Bertz CT molecular complexity index is 788. The average molecular weight is 339 g/mol. The number of aromatic amines is 1. The number of hydrogen-bond donors (Lipinski definition) is 1. The van der Waals surface area contributed by atoms with E-state index in [1.807, 2.05) is 30.3 Å². The zero-order valence-corrected chi connectivity index (χ0v) is 13.5. The van der Waals surface area contributed by atoms with Crippen LogP contribution < -0.4 is 4.74 Å². The minimum Gasteiger partial charge on any atom is -0.497 e. The minimum atomic E-state index is 0.643. The summed E-state index contributed by atoms with van der Waals surface area (Å²) in [5, 5.41) is 2.17. The maximum Gasteiger partial charge on any atom is 0.166 e. The normalized spacial score (nSPS) is 11.0. The average Bonchev–Trinajstić information content (AvgIpc) is 2.88. The van der Waals surface area contributed by atoms with Gasteiger partial charge >= 0.3 is 0 Å². The van der Waals surface area contributed by atoms with Crippen LogP contribution in [0.3, 0.4) is 0 Å². The summed E-state index contributed by atoms with van der Waals surface area (Å²) >= 11 is 13.7. The van der Waals surface area contributed by atoms with Crippen molar-refractivity contribution >= 4 is 46.0 Å². The number of methoxy groups -OCH3 is 1. The molecule has 1 heterocycles. The molecule has 0 atom stereocenters. The first-order chi connectivity index (χ1) is 10.2. The van der Waals surface area contributed by atoms with Crippen LogP contribution in [-0.2, 0) is 5.75 Å². The molecular formula is C15H12Cl2N2OS. The SMILES string of the molecule is COc1ccc2nc(SCc3ccc(Cl)cc3Cl)[nH]c2c1. The first-order valence-corrected chi connectivity index (χ1v) is 8.00. The molecule has 0 unspecified atom stereocenters. The fourth-order valence-electron chi connectivity index (χ4n) is 1.95. The zero-order valence-electron chi connectivity index (χ0n) is 11.2. The van der Waals surface area contributed by atoms with Crippen molar-refractivity contribution < 1.29 is 4.74 Å². The van der Waals surface area contributed by atoms with Crippen molar-refractivity contribution in [3.63, 3.8) is 0 Å². The highest BCUT2D eigenvalue weighted by Crippen LogP contribution is 2.29. The van der Waals surface area contributed by atoms with E-state index in [1.165, 1.54) is 0 Å². The summed E-state index contributed by atoms with van der Waals surface area (Å²) in [6.45, 7) is 0. The number of H-pyrrole nitrogens is 1. The summed E-state index contributed by atoms with van der Waals surface area (Å²) < 4.78 is 5.20. The van der Waals surface area contributed by atoms with Crippen LogP contribution in [0.5, 0.6) is 5.75 Å². The van der Waals surface area contributed by atoms with Crippen molar-refractivity contribution in [1.29, 1.82) is 0 Å². The maximum absolute atomic E-state index is 6.17. The topological polar surface area (TPSA) is 37.9 Å². The molecule has 0 bridgehead atoms. The first kappa shape index (κ1) is 14.6. The molecule has 3 aromatic rings. The maximum atomic E-state index is 6.17. The first-order valence-electron chi connectivity index (χ1n) is 6.26. The number of nitrogens with one attached hydrogen (secondary N) is 1. The van der Waals surface area contributed by atoms with E-state index >= 15 is 0 Å². The predicted octanol–water partition coefficient (Wildman–Crippen LogP) is 5.17. The van der Waals surface area contributed by atoms with Gasteiger partial charge in [-0.25, -0.2) is 4.98 Å². The Morgan fingerprint density at radius 1 is 1.19 bits per heavy atom. The van der Waals surface area contributed by atoms with E-state index in [4.69, 9.17) is 27.9 Å². The second-order valence-electron chi connectivity index (χ2n) is 4.45. The van der Waals surface area contributed by atoms with Crippen LogP contribution in [0.1, 0.15) is 5.56 Å². The van der Waals surface area contributed by atoms with E-state index in [-0.39, 0.29) is 0 Å². The number of benzene rings is 2. The molecule has 0 spiro atoms. The molecule has 0 saturated heterocycles. The van der Waals surface area contributed by atoms with E-state index in [2.05, 4.69) is 9.97 Å². The van der Waals surface area contributed by atoms with Crippen molar-refractivity contribution in [2.75, 3.05) is 7.11 Å². The van der Waals surface area contributed by atoms with Gasteiger partial charge in [-0.15, -0.1) is 0 Å². The van der Waals surface area contributed by atoms with Gasteiger partial charge in [0.05, 0.1) is 18.1 Å². The highest BCUT2D eigenvalue weighted by atomic mass is 35.5. The lowest BCUT2D eigenvalue weighted by atomic mass is 10.2. The molecule has 3 nitrogen and oxygen atoms in total. The smallest absolute Gasteiger partial charge is 0.166 e. The summed E-state index contributed by atoms with van der Waals surface area (Å²) in [6, 6.07) is 11.3. The molecule has 0 aliphatic rings. The molecule has 0 radical (unpaired) electrons. The standard InChI is InChI=1S/C15H12Cl2N2OS/c1-20-11-4-5-13-14(7-11)19-15(18-13)21-8-9-2-3-10(16)6-12(9)17/h2-7H,8H2,1H3,(H,18,19). The molecule has 0 amide bonds. The highest BCUT2D eigenvalue weighted by molar-refractivity contribution is 7.98. The monoisotopic (exact) mass is 338 g/mol. The van der Waals surface area contributed by atoms with Crippen molar-refractivity contribution in [3.05, 3.63) is 52.0 Å². The van der Waals surface area contributed by atoms with Crippen molar-refractivity contribution in [3.8, 4) is 5.75 Å². The fourth-order valence-corrected chi connectivity index (χ4v) is 3.39. The van der Waals surface area contributed by atoms with Crippen molar-refractivity contribution in [1.82, 2.24) is 9.97 Å². The molecule has 3 rings (SSSR count). The van der Waals surface area contributed by atoms with Crippen LogP contribution in [0, 0.1) is 0 Å². The molecule has 0 fully saturated rings. The summed E-state index contributed by atoms with van der Waals surface area (Å²) in [4.78, 5) is 7.81. The molecular weight excluding hydrogens is 327 g/mol. The number of imidazole rings is 1. The lowest BCUT2D eigenvalue weighted by molar-refractivity contribution is 0.415. The molecule has 0 aliphatic carbocycles. The molecule has 0 aliphatic heterocycles. The molecule has 6 heteroatoms. The number of ether oxygens (including phenoxy) is 1. The minimum absolute atomic E-state index is 0.643. The molecule has 1 aromatic heterocycles. The van der Waals surface area contributed by atoms with Gasteiger partial charge in [0.25, 0.3) is 0 Å². The summed E-state index contributed by atoms with van der Waals surface area (Å²) in [5.41, 5.74) is 2.91. The van der Waals surface area contributed by atoms with Crippen LogP contribution in [-0.4, -0.2) is 17.1 Å². The molecule has 1 N–H and O–H groups in total. The molecule has 108 valence electrons. The summed E-state index contributed by atoms with van der Waals surface area (Å²) in [7, 11) is 1.65. The third-order valence-electron chi connectivity index (χ3n) is 3.05. The molecule has 2 aromatic carbocycles. The third-order valence-corrected chi connectivity index (χ3v) is 4.56. The lowest BCUT2D eigenvalue weighted by Crippen LogP contribution is -1.83. The van der Waals surface area contributed by atoms with Gasteiger partial charge in [-0.2, -0.15) is 0 Å². The van der Waals surface area contributed by atoms with E-state index in [9.17, 15) is 0 Å². The van der Waals surface area contributed by atoms with E-state index < -0.39 is 0 Å². The van der Waals surface area contributed by atoms with Gasteiger partial charge in [0, 0.05) is 21.9 Å². The molecule has 0 saturated carbocycles. The number of rotatable bonds is 4. The summed E-state index contributed by atoms with van der Waals surface area (Å²) in [6.07, 6.45) is 0. The Balaban J connectivity index is 1.78. The largest absolute Gasteiger partial charge is 0.497 e. The third kappa shape index (κ3) is 3.28. The number of halogens is 2. The van der Waals surface area contributed by atoms with Crippen LogP contribution >= 0.6 is 35.0 Å². The predicted molar refractivity (Wildman–Crippen MR) is 88.7 cm³/mol. The number of fused-ring (bicyclic) bond motifs is 1. The van der Waals surface area contributed by atoms with Crippen LogP contribution in [0.15, 0.2) is 41.6 Å². The Hall–Kier alpha value is -1.36. The second-order valence-corrected chi connectivity index (χ2v) is 6.26. The van der Waals surface area contributed by atoms with Crippen LogP contribution in [0.2, 0.25) is 10.0 Å². The number of nitrogens with zero attached hydrogens (tertiary/aromatic N) is 1. The van der Waals surface area contributed by atoms with Gasteiger partial charge < -0.3 is 9.72 Å². The fraction of sp³-hybridized carbons (Fsp3) is 0.133. The Morgan fingerprint density at radius 2 is 2.05 bits per heavy atom. The van der Waals surface area contributed by atoms with Gasteiger partial charge in [-0.3, -0.25) is 0 Å². The van der Waals surface area contributed by atoms with Gasteiger partial charge in [0.2, 0.25) is 0 Å². The Labute approximate surface area is 136 Å². The van der Waals surface area contributed by atoms with Gasteiger partial charge in [-0.1, -0.05) is 41.0 Å². The van der Waals surface area contributed by atoms with Crippen molar-refractivity contribution in [2.24, 2.45) is 0 Å². The van der Waals surface area contributed by atoms with Crippen LogP contribution in [0.25, 0.3) is 11.0 Å². The Morgan fingerprint density at radius 3 is 2.81 bits per heavy atom. The van der Waals surface area contributed by atoms with E-state index in [1.54, 1.807) is 24.9 Å². The number of hydrogen-bond acceptors (Lipinski definition) is 3. The van der Waals surface area contributed by atoms with Crippen LogP contribution in [0.4, 0.5) is 0 Å². The van der Waals surface area contributed by atoms with Crippen molar-refractivity contribution in [2.45, 2.75) is 10.9 Å². The van der Waals surface area contributed by atoms with E-state index in [0.717, 1.165) is 33.3 Å². The molecule has 21 heavy (non-hydrogen) atoms. The quantitative estimate of drug-likeness (QED) is 0.666. The van der Waals surface area contributed by atoms with Gasteiger partial charge in [0.1, 0.15) is 5.75 Å². The van der Waals surface area contributed by atoms with Gasteiger partial charge in [-0.05, 0) is 29.8 Å². The number of thioether (sulfide) groups is 1. The summed E-state index contributed by atoms with van der Waals surface area (Å²) in [5.74, 6) is 1.54. The zero-order chi connectivity index (χ0) is 14.8. The Kier molecular flexibility index (Phi) is 4.29. The lowest BCUT2D eigenvalue weighted by Gasteiger charge is -2.02. The second kappa shape index (κ2) is 6.18.